The number of hydrogen-bond donors (Lipinski definition) is 1. The molecule has 13 heteroatoms. The van der Waals surface area contributed by atoms with E-state index in [-0.39, 0.29) is 19.6 Å². The van der Waals surface area contributed by atoms with Crippen LogP contribution in [0.1, 0.15) is 39.5 Å². The molecule has 1 amide bonds. The highest BCUT2D eigenvalue weighted by Gasteiger charge is 2.76. The zero-order valence-corrected chi connectivity index (χ0v) is 15.0. The highest BCUT2D eigenvalue weighted by Crippen LogP contribution is 2.46. The number of carbonyl (C=O) groups excluding carboxylic acids is 3. The van der Waals surface area contributed by atoms with Crippen molar-refractivity contribution in [3.05, 3.63) is 0 Å². The Hall–Kier alpha value is -2.08. The molecule has 0 aromatic heterocycles. The number of nitrogens with one attached hydrogen (secondary N) is 1. The molecule has 0 radical (unpaired) electrons. The van der Waals surface area contributed by atoms with Crippen molar-refractivity contribution in [2.45, 2.75) is 63.6 Å². The Morgan fingerprint density at radius 1 is 0.893 bits per heavy atom. The van der Waals surface area contributed by atoms with Gasteiger partial charge < -0.3 is 14.8 Å². The van der Waals surface area contributed by atoms with Gasteiger partial charge in [0.25, 0.3) is 5.91 Å². The number of halogens is 7. The smallest absolute Gasteiger partial charge is 0.460 e. The van der Waals surface area contributed by atoms with E-state index in [1.54, 1.807) is 13.8 Å². The SMILES string of the molecule is CCCOC(=O)CCC(NC(=O)C(F)(F)C(F)(F)C(F)(F)F)C(=O)OCCC. The van der Waals surface area contributed by atoms with E-state index >= 15 is 0 Å². The third-order valence-electron chi connectivity index (χ3n) is 3.18. The predicted molar refractivity (Wildman–Crippen MR) is 79.6 cm³/mol. The summed E-state index contributed by atoms with van der Waals surface area (Å²) in [5.41, 5.74) is 0. The van der Waals surface area contributed by atoms with Gasteiger partial charge in [-0.15, -0.1) is 0 Å². The van der Waals surface area contributed by atoms with Gasteiger partial charge in [-0.25, -0.2) is 4.79 Å². The maximum absolute atomic E-state index is 13.4. The first kappa shape index (κ1) is 25.9. The van der Waals surface area contributed by atoms with Crippen LogP contribution in [0.4, 0.5) is 30.7 Å². The molecule has 0 aliphatic rings. The number of rotatable bonds is 11. The fourth-order valence-electron chi connectivity index (χ4n) is 1.67. The van der Waals surface area contributed by atoms with Gasteiger partial charge in [-0.05, 0) is 19.3 Å². The maximum atomic E-state index is 13.4. The summed E-state index contributed by atoms with van der Waals surface area (Å²) in [5.74, 6) is -18.2. The lowest BCUT2D eigenvalue weighted by atomic mass is 10.1. The van der Waals surface area contributed by atoms with Gasteiger partial charge in [-0.1, -0.05) is 13.8 Å². The molecule has 28 heavy (non-hydrogen) atoms. The Kier molecular flexibility index (Phi) is 9.68. The fraction of sp³-hybridized carbons (Fsp3) is 0.800. The molecule has 0 aromatic rings. The van der Waals surface area contributed by atoms with E-state index in [9.17, 15) is 45.1 Å². The van der Waals surface area contributed by atoms with Crippen molar-refractivity contribution < 1.29 is 54.6 Å². The van der Waals surface area contributed by atoms with Crippen LogP contribution in [0.5, 0.6) is 0 Å². The first-order valence-corrected chi connectivity index (χ1v) is 8.17. The van der Waals surface area contributed by atoms with Crippen molar-refractivity contribution in [2.24, 2.45) is 0 Å². The van der Waals surface area contributed by atoms with Gasteiger partial charge in [0, 0.05) is 6.42 Å². The summed E-state index contributed by atoms with van der Waals surface area (Å²) < 4.78 is 98.4. The summed E-state index contributed by atoms with van der Waals surface area (Å²) in [4.78, 5) is 34.6. The van der Waals surface area contributed by atoms with Crippen LogP contribution in [0.15, 0.2) is 0 Å². The fourth-order valence-corrected chi connectivity index (χ4v) is 1.67. The third-order valence-corrected chi connectivity index (χ3v) is 3.18. The largest absolute Gasteiger partial charge is 0.466 e. The number of ether oxygens (including phenoxy) is 2. The molecule has 0 saturated carbocycles. The van der Waals surface area contributed by atoms with Gasteiger partial charge in [0.1, 0.15) is 6.04 Å². The molecule has 0 aliphatic heterocycles. The molecule has 0 saturated heterocycles. The second-order valence-corrected chi connectivity index (χ2v) is 5.60. The number of alkyl halides is 7. The first-order chi connectivity index (χ1) is 12.7. The van der Waals surface area contributed by atoms with Gasteiger partial charge in [0.2, 0.25) is 0 Å². The van der Waals surface area contributed by atoms with Gasteiger partial charge in [-0.2, -0.15) is 30.7 Å². The molecule has 0 aliphatic carbocycles. The number of carbonyl (C=O) groups is 3. The molecule has 164 valence electrons. The molecule has 0 spiro atoms. The van der Waals surface area contributed by atoms with Crippen LogP contribution in [0.2, 0.25) is 0 Å². The molecule has 0 aromatic carbocycles. The monoisotopic (exact) mass is 427 g/mol. The zero-order chi connectivity index (χ0) is 22.2. The van der Waals surface area contributed by atoms with Crippen LogP contribution in [0, 0.1) is 0 Å². The average Bonchev–Trinajstić information content (AvgIpc) is 2.59. The second kappa shape index (κ2) is 10.5. The van der Waals surface area contributed by atoms with E-state index in [2.05, 4.69) is 9.47 Å². The first-order valence-electron chi connectivity index (χ1n) is 8.17. The van der Waals surface area contributed by atoms with Crippen molar-refractivity contribution in [1.82, 2.24) is 5.32 Å². The van der Waals surface area contributed by atoms with Crippen molar-refractivity contribution in [2.75, 3.05) is 13.2 Å². The molecule has 1 atom stereocenters. The molecule has 6 nitrogen and oxygen atoms in total. The summed E-state index contributed by atoms with van der Waals surface area (Å²) >= 11 is 0. The lowest BCUT2D eigenvalue weighted by molar-refractivity contribution is -0.344. The van der Waals surface area contributed by atoms with Crippen LogP contribution < -0.4 is 5.32 Å². The lowest BCUT2D eigenvalue weighted by Gasteiger charge is -2.28. The van der Waals surface area contributed by atoms with Crippen LogP contribution in [-0.4, -0.2) is 55.1 Å². The number of hydrogen-bond acceptors (Lipinski definition) is 5. The van der Waals surface area contributed by atoms with E-state index in [0.29, 0.717) is 6.42 Å². The summed E-state index contributed by atoms with van der Waals surface area (Å²) in [6.45, 7) is 2.99. The maximum Gasteiger partial charge on any atom is 0.460 e. The van der Waals surface area contributed by atoms with Crippen molar-refractivity contribution in [1.29, 1.82) is 0 Å². The Balaban J connectivity index is 5.32. The molecule has 1 unspecified atom stereocenters. The summed E-state index contributed by atoms with van der Waals surface area (Å²) in [6.07, 6.45) is -7.30. The Morgan fingerprint density at radius 3 is 1.86 bits per heavy atom. The van der Waals surface area contributed by atoms with Gasteiger partial charge in [0.05, 0.1) is 13.2 Å². The van der Waals surface area contributed by atoms with Gasteiger partial charge in [0.15, 0.2) is 0 Å². The van der Waals surface area contributed by atoms with Crippen LogP contribution in [-0.2, 0) is 23.9 Å². The highest BCUT2D eigenvalue weighted by molar-refractivity contribution is 5.89. The number of amides is 1. The molecule has 1 N–H and O–H groups in total. The molecule has 0 heterocycles. The van der Waals surface area contributed by atoms with E-state index in [4.69, 9.17) is 0 Å². The highest BCUT2D eigenvalue weighted by atomic mass is 19.4. The Morgan fingerprint density at radius 2 is 1.39 bits per heavy atom. The third kappa shape index (κ3) is 6.82. The normalized spacial score (nSPS) is 13.6. The van der Waals surface area contributed by atoms with Crippen LogP contribution in [0.3, 0.4) is 0 Å². The molecule has 0 rings (SSSR count). The molecule has 0 fully saturated rings. The second-order valence-electron chi connectivity index (χ2n) is 5.60. The minimum absolute atomic E-state index is 0.00597. The standard InChI is InChI=1S/C15H20F7NO5/c1-3-7-27-10(24)6-5-9(11(25)28-8-4-2)23-12(26)13(16,17)14(18,19)15(20,21)22/h9H,3-8H2,1-2H3,(H,23,26). The molecular weight excluding hydrogens is 407 g/mol. The van der Waals surface area contributed by atoms with E-state index < -0.39 is 54.8 Å². The predicted octanol–water partition coefficient (Wildman–Crippen LogP) is 2.99. The van der Waals surface area contributed by atoms with Gasteiger partial charge >= 0.3 is 30.0 Å². The van der Waals surface area contributed by atoms with Crippen molar-refractivity contribution >= 4 is 17.8 Å². The van der Waals surface area contributed by atoms with E-state index in [0.717, 1.165) is 5.32 Å². The average molecular weight is 427 g/mol. The topological polar surface area (TPSA) is 81.7 Å². The molecular formula is C15H20F7NO5. The minimum Gasteiger partial charge on any atom is -0.466 e. The van der Waals surface area contributed by atoms with Crippen molar-refractivity contribution in [3.63, 3.8) is 0 Å². The van der Waals surface area contributed by atoms with E-state index in [1.165, 1.54) is 0 Å². The van der Waals surface area contributed by atoms with Crippen LogP contribution in [0.25, 0.3) is 0 Å². The molecule has 0 bridgehead atoms. The minimum atomic E-state index is -6.71. The summed E-state index contributed by atoms with van der Waals surface area (Å²) in [7, 11) is 0. The lowest BCUT2D eigenvalue weighted by Crippen LogP contribution is -2.61. The summed E-state index contributed by atoms with van der Waals surface area (Å²) in [6, 6.07) is -2.05. The van der Waals surface area contributed by atoms with Gasteiger partial charge in [-0.3, -0.25) is 9.59 Å². The Bertz CT molecular complexity index is 551. The number of esters is 2. The van der Waals surface area contributed by atoms with E-state index in [1.807, 2.05) is 0 Å². The summed E-state index contributed by atoms with van der Waals surface area (Å²) in [5, 5.41) is 1.10. The zero-order valence-electron chi connectivity index (χ0n) is 15.0. The quantitative estimate of drug-likeness (QED) is 0.405. The van der Waals surface area contributed by atoms with Crippen molar-refractivity contribution in [3.8, 4) is 0 Å². The Labute approximate surface area is 155 Å². The van der Waals surface area contributed by atoms with Crippen LogP contribution >= 0.6 is 0 Å².